The number of benzene rings is 2. The number of nitrogens with one attached hydrogen (secondary N) is 1. The lowest BCUT2D eigenvalue weighted by atomic mass is 10.2. The lowest BCUT2D eigenvalue weighted by Gasteiger charge is -2.11. The fraction of sp³-hybridized carbons (Fsp3) is 0.222. The van der Waals surface area contributed by atoms with Crippen LogP contribution in [0.4, 0.5) is 5.69 Å². The van der Waals surface area contributed by atoms with E-state index in [9.17, 15) is 9.90 Å². The van der Waals surface area contributed by atoms with Gasteiger partial charge in [0.15, 0.2) is 11.5 Å². The van der Waals surface area contributed by atoms with Crippen LogP contribution >= 0.6 is 15.9 Å². The van der Waals surface area contributed by atoms with Gasteiger partial charge in [-0.25, -0.2) is 4.79 Å². The molecule has 6 nitrogen and oxygen atoms in total. The second-order valence-electron chi connectivity index (χ2n) is 4.94. The molecule has 0 unspecified atom stereocenters. The molecule has 7 heteroatoms. The first-order chi connectivity index (χ1) is 12.0. The Hall–Kier alpha value is -2.54. The summed E-state index contributed by atoms with van der Waals surface area (Å²) < 4.78 is 11.8. The molecule has 0 aromatic heterocycles. The molecule has 0 amide bonds. The van der Waals surface area contributed by atoms with Crippen molar-refractivity contribution in [3.05, 3.63) is 52.0 Å². The number of carboxylic acids is 1. The number of halogens is 1. The highest BCUT2D eigenvalue weighted by Crippen LogP contribution is 2.28. The fourth-order valence-electron chi connectivity index (χ4n) is 2.12. The van der Waals surface area contributed by atoms with Crippen LogP contribution in [0.1, 0.15) is 29.8 Å². The first-order valence-corrected chi connectivity index (χ1v) is 8.56. The molecule has 132 valence electrons. The van der Waals surface area contributed by atoms with Crippen molar-refractivity contribution in [2.45, 2.75) is 13.8 Å². The molecule has 0 radical (unpaired) electrons. The van der Waals surface area contributed by atoms with Crippen molar-refractivity contribution in [3.8, 4) is 11.5 Å². The first-order valence-electron chi connectivity index (χ1n) is 7.76. The largest absolute Gasteiger partial charge is 0.490 e. The van der Waals surface area contributed by atoms with Crippen LogP contribution in [0.5, 0.6) is 11.5 Å². The predicted octanol–water partition coefficient (Wildman–Crippen LogP) is 4.39. The van der Waals surface area contributed by atoms with Gasteiger partial charge in [0.25, 0.3) is 0 Å². The van der Waals surface area contributed by atoms with Gasteiger partial charge in [-0.3, -0.25) is 5.43 Å². The van der Waals surface area contributed by atoms with Gasteiger partial charge in [-0.1, -0.05) is 15.9 Å². The molecule has 2 aromatic carbocycles. The van der Waals surface area contributed by atoms with Crippen LogP contribution in [0.15, 0.2) is 46.0 Å². The molecule has 0 spiro atoms. The molecule has 0 saturated carbocycles. The van der Waals surface area contributed by atoms with Gasteiger partial charge in [-0.2, -0.15) is 5.10 Å². The van der Waals surface area contributed by atoms with E-state index in [0.29, 0.717) is 34.9 Å². The van der Waals surface area contributed by atoms with Crippen molar-refractivity contribution in [1.82, 2.24) is 0 Å². The molecule has 0 aliphatic rings. The topological polar surface area (TPSA) is 80.2 Å². The maximum Gasteiger partial charge on any atom is 0.337 e. The minimum absolute atomic E-state index is 0.133. The number of hydrogen-bond acceptors (Lipinski definition) is 5. The van der Waals surface area contributed by atoms with E-state index in [1.54, 1.807) is 18.3 Å². The Kier molecular flexibility index (Phi) is 6.82. The number of carboxylic acid groups (broad SMARTS) is 1. The molecule has 0 aliphatic carbocycles. The predicted molar refractivity (Wildman–Crippen MR) is 101 cm³/mol. The Labute approximate surface area is 154 Å². The Morgan fingerprint density at radius 3 is 2.56 bits per heavy atom. The third kappa shape index (κ3) is 5.22. The number of ether oxygens (including phenoxy) is 2. The summed E-state index contributed by atoms with van der Waals surface area (Å²) in [5, 5.41) is 13.4. The molecule has 25 heavy (non-hydrogen) atoms. The molecule has 2 aromatic rings. The molecular weight excluding hydrogens is 388 g/mol. The number of hydrogen-bond donors (Lipinski definition) is 2. The second kappa shape index (κ2) is 9.08. The summed E-state index contributed by atoms with van der Waals surface area (Å²) in [6.07, 6.45) is 1.59. The van der Waals surface area contributed by atoms with Gasteiger partial charge in [0.1, 0.15) is 0 Å². The number of carbonyl (C=O) groups is 1. The van der Waals surface area contributed by atoms with Crippen molar-refractivity contribution in [2.24, 2.45) is 5.10 Å². The average Bonchev–Trinajstić information content (AvgIpc) is 2.58. The molecule has 0 fully saturated rings. The van der Waals surface area contributed by atoms with Crippen LogP contribution in [-0.4, -0.2) is 30.5 Å². The maximum absolute atomic E-state index is 11.3. The lowest BCUT2D eigenvalue weighted by molar-refractivity contribution is 0.0698. The smallest absolute Gasteiger partial charge is 0.337 e. The highest BCUT2D eigenvalue weighted by molar-refractivity contribution is 9.10. The van der Waals surface area contributed by atoms with Gasteiger partial charge in [0.05, 0.1) is 30.7 Å². The van der Waals surface area contributed by atoms with E-state index < -0.39 is 5.97 Å². The van der Waals surface area contributed by atoms with E-state index in [1.165, 1.54) is 6.07 Å². The van der Waals surface area contributed by atoms with Crippen molar-refractivity contribution >= 4 is 33.8 Å². The summed E-state index contributed by atoms with van der Waals surface area (Å²) >= 11 is 3.26. The van der Waals surface area contributed by atoms with Crippen molar-refractivity contribution in [3.63, 3.8) is 0 Å². The Morgan fingerprint density at radius 1 is 1.16 bits per heavy atom. The quantitative estimate of drug-likeness (QED) is 0.501. The molecule has 0 aliphatic heterocycles. The third-order valence-electron chi connectivity index (χ3n) is 3.18. The van der Waals surface area contributed by atoms with Gasteiger partial charge in [-0.15, -0.1) is 0 Å². The minimum atomic E-state index is -1.03. The molecule has 2 rings (SSSR count). The summed E-state index contributed by atoms with van der Waals surface area (Å²) in [5.41, 5.74) is 4.09. The van der Waals surface area contributed by atoms with Crippen molar-refractivity contribution in [1.29, 1.82) is 0 Å². The summed E-state index contributed by atoms with van der Waals surface area (Å²) in [7, 11) is 0. The zero-order valence-electron chi connectivity index (χ0n) is 14.0. The molecule has 0 heterocycles. The van der Waals surface area contributed by atoms with Crippen LogP contribution in [0, 0.1) is 0 Å². The van der Waals surface area contributed by atoms with Crippen LogP contribution in [0.25, 0.3) is 0 Å². The van der Waals surface area contributed by atoms with Crippen LogP contribution in [0.3, 0.4) is 0 Å². The average molecular weight is 407 g/mol. The Balaban J connectivity index is 2.17. The van der Waals surface area contributed by atoms with Crippen molar-refractivity contribution < 1.29 is 19.4 Å². The van der Waals surface area contributed by atoms with E-state index in [4.69, 9.17) is 9.47 Å². The summed E-state index contributed by atoms with van der Waals surface area (Å²) in [5.74, 6) is 0.289. The van der Waals surface area contributed by atoms with Gasteiger partial charge >= 0.3 is 5.97 Å². The van der Waals surface area contributed by atoms with E-state index in [0.717, 1.165) is 5.56 Å². The summed E-state index contributed by atoms with van der Waals surface area (Å²) in [4.78, 5) is 11.3. The number of hydrazone groups is 1. The first kappa shape index (κ1) is 18.8. The van der Waals surface area contributed by atoms with Crippen LogP contribution in [-0.2, 0) is 0 Å². The lowest BCUT2D eigenvalue weighted by Crippen LogP contribution is -2.03. The third-order valence-corrected chi connectivity index (χ3v) is 3.67. The second-order valence-corrected chi connectivity index (χ2v) is 5.85. The van der Waals surface area contributed by atoms with E-state index in [1.807, 2.05) is 32.0 Å². The molecule has 0 atom stereocenters. The van der Waals surface area contributed by atoms with E-state index >= 15 is 0 Å². The zero-order chi connectivity index (χ0) is 18.2. The molecular formula is C18H19BrN2O4. The van der Waals surface area contributed by atoms with Gasteiger partial charge in [0, 0.05) is 4.47 Å². The molecule has 0 saturated heterocycles. The van der Waals surface area contributed by atoms with E-state index in [-0.39, 0.29) is 5.56 Å². The summed E-state index contributed by atoms with van der Waals surface area (Å²) in [6, 6.07) is 10.4. The van der Waals surface area contributed by atoms with Crippen LogP contribution < -0.4 is 14.9 Å². The Morgan fingerprint density at radius 2 is 1.88 bits per heavy atom. The van der Waals surface area contributed by atoms with E-state index in [2.05, 4.69) is 26.5 Å². The minimum Gasteiger partial charge on any atom is -0.490 e. The van der Waals surface area contributed by atoms with Gasteiger partial charge in [0.2, 0.25) is 0 Å². The summed E-state index contributed by atoms with van der Waals surface area (Å²) in [6.45, 7) is 4.89. The monoisotopic (exact) mass is 406 g/mol. The molecule has 0 bridgehead atoms. The highest BCUT2D eigenvalue weighted by Gasteiger charge is 2.10. The van der Waals surface area contributed by atoms with Crippen molar-refractivity contribution in [2.75, 3.05) is 18.6 Å². The molecule has 2 N–H and O–H groups in total. The van der Waals surface area contributed by atoms with Gasteiger partial charge in [-0.05, 0) is 55.8 Å². The zero-order valence-corrected chi connectivity index (χ0v) is 15.5. The number of nitrogens with zero attached hydrogens (tertiary/aromatic N) is 1. The number of aromatic carboxylic acids is 1. The maximum atomic E-state index is 11.3. The number of rotatable bonds is 8. The van der Waals surface area contributed by atoms with Crippen LogP contribution in [0.2, 0.25) is 0 Å². The normalized spacial score (nSPS) is 10.7. The standard InChI is InChI=1S/C18H19BrN2O4/c1-3-24-16-8-5-12(9-17(16)25-4-2)11-20-21-15-7-6-13(19)10-14(15)18(22)23/h5-11,21H,3-4H2,1-2H3,(H,22,23). The van der Waals surface area contributed by atoms with Gasteiger partial charge < -0.3 is 14.6 Å². The number of anilines is 1. The SMILES string of the molecule is CCOc1ccc(C=NNc2ccc(Br)cc2C(=O)O)cc1OCC. The Bertz CT molecular complexity index is 778. The fourth-order valence-corrected chi connectivity index (χ4v) is 2.48. The highest BCUT2D eigenvalue weighted by atomic mass is 79.9.